The molecule has 0 heterocycles. The Labute approximate surface area is 99.0 Å². The SMILES string of the molecule is CCN(C(C)(CC)CN)S(=O)(=O)CCOC. The molecule has 0 aliphatic heterocycles. The van der Waals surface area contributed by atoms with E-state index < -0.39 is 15.6 Å². The zero-order valence-electron chi connectivity index (χ0n) is 10.7. The molecule has 1 unspecified atom stereocenters. The van der Waals surface area contributed by atoms with Crippen molar-refractivity contribution in [3.63, 3.8) is 0 Å². The minimum atomic E-state index is -3.29. The molecule has 0 bridgehead atoms. The third-order valence-corrected chi connectivity index (χ3v) is 5.03. The van der Waals surface area contributed by atoms with Gasteiger partial charge in [0, 0.05) is 25.7 Å². The van der Waals surface area contributed by atoms with Crippen molar-refractivity contribution in [2.75, 3.05) is 32.6 Å². The van der Waals surface area contributed by atoms with Crippen LogP contribution in [0.25, 0.3) is 0 Å². The molecule has 0 aromatic rings. The number of methoxy groups -OCH3 is 1. The molecule has 0 aliphatic carbocycles. The number of hydrogen-bond donors (Lipinski definition) is 1. The van der Waals surface area contributed by atoms with Crippen molar-refractivity contribution in [3.8, 4) is 0 Å². The molecule has 0 aromatic carbocycles. The molecule has 1 atom stereocenters. The van der Waals surface area contributed by atoms with Crippen molar-refractivity contribution in [1.82, 2.24) is 4.31 Å². The van der Waals surface area contributed by atoms with E-state index in [1.54, 1.807) is 0 Å². The Bertz CT molecular complexity index is 286. The maximum Gasteiger partial charge on any atom is 0.216 e. The highest BCUT2D eigenvalue weighted by Gasteiger charge is 2.35. The van der Waals surface area contributed by atoms with Gasteiger partial charge in [-0.25, -0.2) is 8.42 Å². The predicted molar refractivity (Wildman–Crippen MR) is 65.8 cm³/mol. The minimum Gasteiger partial charge on any atom is -0.384 e. The zero-order chi connectivity index (χ0) is 12.8. The standard InChI is InChI=1S/C10H24N2O3S/c1-5-10(3,9-11)12(6-2)16(13,14)8-7-15-4/h5-9,11H2,1-4H3. The largest absolute Gasteiger partial charge is 0.384 e. The summed E-state index contributed by atoms with van der Waals surface area (Å²) in [5, 5.41) is 0. The van der Waals surface area contributed by atoms with Crippen molar-refractivity contribution >= 4 is 10.0 Å². The molecule has 0 saturated heterocycles. The van der Waals surface area contributed by atoms with Gasteiger partial charge in [-0.1, -0.05) is 13.8 Å². The smallest absolute Gasteiger partial charge is 0.216 e. The van der Waals surface area contributed by atoms with Gasteiger partial charge in [-0.2, -0.15) is 4.31 Å². The summed E-state index contributed by atoms with van der Waals surface area (Å²) in [4.78, 5) is 0. The molecule has 0 fully saturated rings. The van der Waals surface area contributed by atoms with Crippen LogP contribution in [0, 0.1) is 0 Å². The van der Waals surface area contributed by atoms with E-state index in [1.165, 1.54) is 11.4 Å². The second-order valence-corrected chi connectivity index (χ2v) is 6.04. The van der Waals surface area contributed by atoms with E-state index >= 15 is 0 Å². The van der Waals surface area contributed by atoms with Crippen molar-refractivity contribution in [3.05, 3.63) is 0 Å². The van der Waals surface area contributed by atoms with Crippen LogP contribution >= 0.6 is 0 Å². The van der Waals surface area contributed by atoms with Crippen LogP contribution in [0.4, 0.5) is 0 Å². The van der Waals surface area contributed by atoms with Gasteiger partial charge in [0.25, 0.3) is 0 Å². The van der Waals surface area contributed by atoms with E-state index in [9.17, 15) is 8.42 Å². The first-order chi connectivity index (χ1) is 7.37. The molecule has 16 heavy (non-hydrogen) atoms. The zero-order valence-corrected chi connectivity index (χ0v) is 11.5. The van der Waals surface area contributed by atoms with Crippen LogP contribution in [0.3, 0.4) is 0 Å². The molecule has 0 spiro atoms. The van der Waals surface area contributed by atoms with E-state index in [0.29, 0.717) is 19.5 Å². The molecule has 0 aliphatic rings. The third-order valence-electron chi connectivity index (χ3n) is 2.97. The Morgan fingerprint density at radius 2 is 1.94 bits per heavy atom. The number of sulfonamides is 1. The first-order valence-electron chi connectivity index (χ1n) is 5.57. The van der Waals surface area contributed by atoms with Crippen LogP contribution in [-0.2, 0) is 14.8 Å². The summed E-state index contributed by atoms with van der Waals surface area (Å²) in [6, 6.07) is 0. The number of ether oxygens (including phenoxy) is 1. The normalized spacial score (nSPS) is 16.4. The maximum absolute atomic E-state index is 12.1. The molecule has 5 nitrogen and oxygen atoms in total. The summed E-state index contributed by atoms with van der Waals surface area (Å²) >= 11 is 0. The second-order valence-electron chi connectivity index (χ2n) is 4.03. The van der Waals surface area contributed by atoms with Crippen LogP contribution < -0.4 is 5.73 Å². The molecule has 0 rings (SSSR count). The van der Waals surface area contributed by atoms with E-state index in [-0.39, 0.29) is 12.4 Å². The molecule has 0 saturated carbocycles. The van der Waals surface area contributed by atoms with Gasteiger partial charge in [0.2, 0.25) is 10.0 Å². The lowest BCUT2D eigenvalue weighted by molar-refractivity contribution is 0.198. The van der Waals surface area contributed by atoms with E-state index in [0.717, 1.165) is 0 Å². The molecular formula is C10H24N2O3S. The van der Waals surface area contributed by atoms with Gasteiger partial charge >= 0.3 is 0 Å². The summed E-state index contributed by atoms with van der Waals surface area (Å²) in [6.07, 6.45) is 0.698. The van der Waals surface area contributed by atoms with Crippen LogP contribution in [0.1, 0.15) is 27.2 Å². The van der Waals surface area contributed by atoms with Crippen molar-refractivity contribution in [1.29, 1.82) is 0 Å². The number of rotatable bonds is 8. The van der Waals surface area contributed by atoms with Gasteiger partial charge in [-0.05, 0) is 13.3 Å². The topological polar surface area (TPSA) is 72.6 Å². The number of hydrogen-bond acceptors (Lipinski definition) is 4. The van der Waals surface area contributed by atoms with Crippen LogP contribution in [0.2, 0.25) is 0 Å². The highest BCUT2D eigenvalue weighted by molar-refractivity contribution is 7.89. The van der Waals surface area contributed by atoms with Crippen LogP contribution in [0.5, 0.6) is 0 Å². The van der Waals surface area contributed by atoms with Gasteiger partial charge in [-0.15, -0.1) is 0 Å². The molecule has 0 radical (unpaired) electrons. The molecule has 0 amide bonds. The lowest BCUT2D eigenvalue weighted by Crippen LogP contribution is -2.54. The van der Waals surface area contributed by atoms with Gasteiger partial charge in [0.05, 0.1) is 12.4 Å². The fourth-order valence-corrected chi connectivity index (χ4v) is 3.50. The highest BCUT2D eigenvalue weighted by atomic mass is 32.2. The molecule has 98 valence electrons. The molecule has 2 N–H and O–H groups in total. The minimum absolute atomic E-state index is 0.00687. The summed E-state index contributed by atoms with van der Waals surface area (Å²) in [6.45, 7) is 6.62. The molecule has 6 heteroatoms. The summed E-state index contributed by atoms with van der Waals surface area (Å²) in [7, 11) is -1.79. The van der Waals surface area contributed by atoms with Gasteiger partial charge in [0.15, 0.2) is 0 Å². The predicted octanol–water partition coefficient (Wildman–Crippen LogP) is 0.412. The van der Waals surface area contributed by atoms with E-state index in [2.05, 4.69) is 0 Å². The van der Waals surface area contributed by atoms with Gasteiger partial charge in [-0.3, -0.25) is 0 Å². The van der Waals surface area contributed by atoms with Crippen LogP contribution in [-0.4, -0.2) is 50.8 Å². The van der Waals surface area contributed by atoms with Gasteiger partial charge < -0.3 is 10.5 Å². The number of likely N-dealkylation sites (N-methyl/N-ethyl adjacent to an activating group) is 1. The maximum atomic E-state index is 12.1. The number of nitrogens with zero attached hydrogens (tertiary/aromatic N) is 1. The first-order valence-corrected chi connectivity index (χ1v) is 7.18. The van der Waals surface area contributed by atoms with Crippen LogP contribution in [0.15, 0.2) is 0 Å². The van der Waals surface area contributed by atoms with E-state index in [1.807, 2.05) is 20.8 Å². The van der Waals surface area contributed by atoms with Crippen molar-refractivity contribution in [2.24, 2.45) is 5.73 Å². The first kappa shape index (κ1) is 15.8. The fourth-order valence-electron chi connectivity index (χ4n) is 1.64. The molecule has 0 aromatic heterocycles. The third kappa shape index (κ3) is 3.69. The monoisotopic (exact) mass is 252 g/mol. The molecular weight excluding hydrogens is 228 g/mol. The lowest BCUT2D eigenvalue weighted by atomic mass is 9.99. The second kappa shape index (κ2) is 6.54. The Hall–Kier alpha value is -0.170. The quantitative estimate of drug-likeness (QED) is 0.679. The van der Waals surface area contributed by atoms with Crippen molar-refractivity contribution in [2.45, 2.75) is 32.7 Å². The summed E-state index contributed by atoms with van der Waals surface area (Å²) in [5.74, 6) is 0.00687. The Morgan fingerprint density at radius 1 is 1.38 bits per heavy atom. The van der Waals surface area contributed by atoms with E-state index in [4.69, 9.17) is 10.5 Å². The Kier molecular flexibility index (Phi) is 6.47. The van der Waals surface area contributed by atoms with Crippen molar-refractivity contribution < 1.29 is 13.2 Å². The lowest BCUT2D eigenvalue weighted by Gasteiger charge is -2.38. The van der Waals surface area contributed by atoms with Gasteiger partial charge in [0.1, 0.15) is 0 Å². The summed E-state index contributed by atoms with van der Waals surface area (Å²) in [5.41, 5.74) is 5.18. The highest BCUT2D eigenvalue weighted by Crippen LogP contribution is 2.21. The number of nitrogens with two attached hydrogens (primary N) is 1. The summed E-state index contributed by atoms with van der Waals surface area (Å²) < 4.78 is 30.5. The average molecular weight is 252 g/mol. The Balaban J connectivity index is 4.97. The Morgan fingerprint density at radius 3 is 2.25 bits per heavy atom. The fraction of sp³-hybridized carbons (Fsp3) is 1.00. The average Bonchev–Trinajstić information content (AvgIpc) is 2.26.